The molecule has 1 amide bonds. The Bertz CT molecular complexity index is 881. The number of nitrogens with one attached hydrogen (secondary N) is 1. The lowest BCUT2D eigenvalue weighted by atomic mass is 10.0. The molecule has 0 aliphatic carbocycles. The van der Waals surface area contributed by atoms with Crippen LogP contribution in [0.4, 0.5) is 5.69 Å². The van der Waals surface area contributed by atoms with Crippen LogP contribution in [0.2, 0.25) is 0 Å². The standard InChI is InChI=1S/C19H14BrNO3/c1-3-8-24-18-15(20)10-12(11-17(18)23-2)9-14-13-6-4-5-7-16(13)21-19(14)22/h1,4-7,9-11H,8H2,2H3,(H,21,22)/b14-9-. The maximum Gasteiger partial charge on any atom is 0.256 e. The molecule has 2 aromatic rings. The molecule has 1 aliphatic heterocycles. The first kappa shape index (κ1) is 16.2. The van der Waals surface area contributed by atoms with E-state index < -0.39 is 0 Å². The average molecular weight is 384 g/mol. The summed E-state index contributed by atoms with van der Waals surface area (Å²) < 4.78 is 11.6. The van der Waals surface area contributed by atoms with Crippen molar-refractivity contribution < 1.29 is 14.3 Å². The Balaban J connectivity index is 2.03. The molecule has 4 nitrogen and oxygen atoms in total. The first-order valence-electron chi connectivity index (χ1n) is 7.20. The summed E-state index contributed by atoms with van der Waals surface area (Å²) in [5, 5.41) is 2.85. The monoisotopic (exact) mass is 383 g/mol. The number of hydrogen-bond donors (Lipinski definition) is 1. The predicted octanol–water partition coefficient (Wildman–Crippen LogP) is 3.96. The van der Waals surface area contributed by atoms with Crippen LogP contribution in [0.3, 0.4) is 0 Å². The summed E-state index contributed by atoms with van der Waals surface area (Å²) >= 11 is 3.46. The SMILES string of the molecule is C#CCOc1c(Br)cc(/C=C2\C(=O)Nc3ccccc32)cc1OC. The van der Waals surface area contributed by atoms with E-state index in [-0.39, 0.29) is 12.5 Å². The molecule has 0 saturated heterocycles. The highest BCUT2D eigenvalue weighted by Gasteiger charge is 2.23. The molecule has 0 saturated carbocycles. The number of terminal acetylenes is 1. The molecule has 0 radical (unpaired) electrons. The molecule has 2 aromatic carbocycles. The van der Waals surface area contributed by atoms with Gasteiger partial charge in [0.2, 0.25) is 0 Å². The Kier molecular flexibility index (Phi) is 4.59. The van der Waals surface area contributed by atoms with Gasteiger partial charge in [-0.25, -0.2) is 0 Å². The topological polar surface area (TPSA) is 47.6 Å². The van der Waals surface area contributed by atoms with Gasteiger partial charge in [-0.1, -0.05) is 24.1 Å². The van der Waals surface area contributed by atoms with Gasteiger partial charge in [-0.3, -0.25) is 4.79 Å². The summed E-state index contributed by atoms with van der Waals surface area (Å²) in [5.74, 6) is 3.37. The Morgan fingerprint density at radius 1 is 1.33 bits per heavy atom. The predicted molar refractivity (Wildman–Crippen MR) is 98.0 cm³/mol. The van der Waals surface area contributed by atoms with Crippen molar-refractivity contribution in [3.8, 4) is 23.8 Å². The minimum Gasteiger partial charge on any atom is -0.493 e. The molecule has 3 rings (SSSR count). The smallest absolute Gasteiger partial charge is 0.256 e. The molecule has 1 N–H and O–H groups in total. The van der Waals surface area contributed by atoms with Crippen molar-refractivity contribution in [2.24, 2.45) is 0 Å². The molecule has 1 aliphatic rings. The van der Waals surface area contributed by atoms with E-state index >= 15 is 0 Å². The Hall–Kier alpha value is -2.71. The second kappa shape index (κ2) is 6.81. The minimum atomic E-state index is -0.126. The summed E-state index contributed by atoms with van der Waals surface area (Å²) in [6, 6.07) is 11.2. The van der Waals surface area contributed by atoms with Crippen molar-refractivity contribution in [1.82, 2.24) is 0 Å². The Morgan fingerprint density at radius 3 is 2.88 bits per heavy atom. The molecule has 0 bridgehead atoms. The average Bonchev–Trinajstić information content (AvgIpc) is 2.89. The number of carbonyl (C=O) groups excluding carboxylic acids is 1. The first-order chi connectivity index (χ1) is 11.6. The summed E-state index contributed by atoms with van der Waals surface area (Å²) in [5.41, 5.74) is 3.12. The number of halogens is 1. The molecule has 0 fully saturated rings. The van der Waals surface area contributed by atoms with Crippen molar-refractivity contribution in [2.45, 2.75) is 0 Å². The third kappa shape index (κ3) is 3.01. The number of ether oxygens (including phenoxy) is 2. The summed E-state index contributed by atoms with van der Waals surface area (Å²) in [6.07, 6.45) is 7.05. The second-order valence-electron chi connectivity index (χ2n) is 5.08. The molecule has 24 heavy (non-hydrogen) atoms. The van der Waals surface area contributed by atoms with E-state index in [2.05, 4.69) is 27.2 Å². The van der Waals surface area contributed by atoms with Gasteiger partial charge < -0.3 is 14.8 Å². The molecular formula is C19H14BrNO3. The first-order valence-corrected chi connectivity index (χ1v) is 7.99. The molecule has 0 spiro atoms. The Labute approximate surface area is 148 Å². The highest BCUT2D eigenvalue weighted by Crippen LogP contribution is 2.39. The largest absolute Gasteiger partial charge is 0.493 e. The van der Waals surface area contributed by atoms with Gasteiger partial charge in [0.05, 0.1) is 11.6 Å². The van der Waals surface area contributed by atoms with Crippen LogP contribution in [0, 0.1) is 12.3 Å². The number of para-hydroxylation sites is 1. The fourth-order valence-electron chi connectivity index (χ4n) is 2.53. The number of benzene rings is 2. The lowest BCUT2D eigenvalue weighted by molar-refractivity contribution is -0.110. The number of methoxy groups -OCH3 is 1. The second-order valence-corrected chi connectivity index (χ2v) is 5.94. The van der Waals surface area contributed by atoms with E-state index in [4.69, 9.17) is 15.9 Å². The van der Waals surface area contributed by atoms with Crippen LogP contribution in [0.15, 0.2) is 40.9 Å². The molecule has 5 heteroatoms. The molecule has 0 unspecified atom stereocenters. The summed E-state index contributed by atoms with van der Waals surface area (Å²) in [6.45, 7) is 0.144. The van der Waals surface area contributed by atoms with Crippen LogP contribution in [0.5, 0.6) is 11.5 Å². The fourth-order valence-corrected chi connectivity index (χ4v) is 3.10. The van der Waals surface area contributed by atoms with Crippen LogP contribution in [-0.4, -0.2) is 19.6 Å². The third-order valence-electron chi connectivity index (χ3n) is 3.57. The Morgan fingerprint density at radius 2 is 2.12 bits per heavy atom. The van der Waals surface area contributed by atoms with E-state index in [1.807, 2.05) is 36.4 Å². The fraction of sp³-hybridized carbons (Fsp3) is 0.105. The number of rotatable bonds is 4. The molecule has 0 atom stereocenters. The van der Waals surface area contributed by atoms with Crippen molar-refractivity contribution in [1.29, 1.82) is 0 Å². The number of hydrogen-bond acceptors (Lipinski definition) is 3. The number of amides is 1. The summed E-state index contributed by atoms with van der Waals surface area (Å²) in [4.78, 5) is 12.2. The number of carbonyl (C=O) groups is 1. The van der Waals surface area contributed by atoms with Gasteiger partial charge in [0.1, 0.15) is 6.61 Å². The van der Waals surface area contributed by atoms with Gasteiger partial charge >= 0.3 is 0 Å². The van der Waals surface area contributed by atoms with Crippen molar-refractivity contribution in [3.63, 3.8) is 0 Å². The van der Waals surface area contributed by atoms with Crippen LogP contribution < -0.4 is 14.8 Å². The highest BCUT2D eigenvalue weighted by atomic mass is 79.9. The number of fused-ring (bicyclic) bond motifs is 1. The van der Waals surface area contributed by atoms with E-state index in [0.29, 0.717) is 21.5 Å². The maximum absolute atomic E-state index is 12.2. The van der Waals surface area contributed by atoms with Crippen molar-refractivity contribution in [3.05, 3.63) is 52.0 Å². The van der Waals surface area contributed by atoms with Crippen LogP contribution in [0.1, 0.15) is 11.1 Å². The zero-order valence-electron chi connectivity index (χ0n) is 12.9. The zero-order valence-corrected chi connectivity index (χ0v) is 14.5. The summed E-state index contributed by atoms with van der Waals surface area (Å²) in [7, 11) is 1.55. The molecule has 1 heterocycles. The highest BCUT2D eigenvalue weighted by molar-refractivity contribution is 9.10. The normalized spacial score (nSPS) is 14.0. The van der Waals surface area contributed by atoms with Gasteiger partial charge in [0.25, 0.3) is 5.91 Å². The lowest BCUT2D eigenvalue weighted by Gasteiger charge is -2.12. The quantitative estimate of drug-likeness (QED) is 0.641. The van der Waals surface area contributed by atoms with Crippen LogP contribution in [0.25, 0.3) is 11.6 Å². The van der Waals surface area contributed by atoms with Gasteiger partial charge in [-0.2, -0.15) is 0 Å². The molecule has 0 aromatic heterocycles. The maximum atomic E-state index is 12.2. The van der Waals surface area contributed by atoms with Crippen LogP contribution >= 0.6 is 15.9 Å². The van der Waals surface area contributed by atoms with Crippen LogP contribution in [-0.2, 0) is 4.79 Å². The lowest BCUT2D eigenvalue weighted by Crippen LogP contribution is -2.03. The van der Waals surface area contributed by atoms with E-state index in [9.17, 15) is 4.79 Å². The number of anilines is 1. The van der Waals surface area contributed by atoms with Gasteiger partial charge in [-0.15, -0.1) is 6.42 Å². The minimum absolute atomic E-state index is 0.126. The van der Waals surface area contributed by atoms with E-state index in [1.54, 1.807) is 13.2 Å². The van der Waals surface area contributed by atoms with E-state index in [0.717, 1.165) is 16.8 Å². The molecule has 120 valence electrons. The van der Waals surface area contributed by atoms with E-state index in [1.165, 1.54) is 0 Å². The van der Waals surface area contributed by atoms with Gasteiger partial charge in [-0.05, 0) is 45.8 Å². The van der Waals surface area contributed by atoms with Gasteiger partial charge in [0, 0.05) is 16.8 Å². The van der Waals surface area contributed by atoms with Crippen molar-refractivity contribution in [2.75, 3.05) is 19.0 Å². The third-order valence-corrected chi connectivity index (χ3v) is 4.16. The van der Waals surface area contributed by atoms with Crippen molar-refractivity contribution >= 4 is 39.2 Å². The molecular weight excluding hydrogens is 370 g/mol. The zero-order chi connectivity index (χ0) is 17.1. The van der Waals surface area contributed by atoms with Gasteiger partial charge in [0.15, 0.2) is 11.5 Å².